The number of carbonyl (C=O) groups is 1. The number of nitrogens with zero attached hydrogens (tertiary/aromatic N) is 1. The molecule has 1 unspecified atom stereocenters. The van der Waals surface area contributed by atoms with E-state index in [-0.39, 0.29) is 0 Å². The molecule has 0 aliphatic rings. The van der Waals surface area contributed by atoms with Gasteiger partial charge in [-0.1, -0.05) is 30.3 Å². The van der Waals surface area contributed by atoms with E-state index in [1.807, 2.05) is 36.4 Å². The Morgan fingerprint density at radius 2 is 1.72 bits per heavy atom. The summed E-state index contributed by atoms with van der Waals surface area (Å²) in [6.45, 7) is 1.78. The van der Waals surface area contributed by atoms with Crippen molar-refractivity contribution in [3.05, 3.63) is 83.7 Å². The molecule has 6 heteroatoms. The molecule has 0 radical (unpaired) electrons. The zero-order valence-corrected chi connectivity index (χ0v) is 16.6. The Labute approximate surface area is 170 Å². The second-order valence-electron chi connectivity index (χ2n) is 6.29. The van der Waals surface area contributed by atoms with Gasteiger partial charge in [0.1, 0.15) is 23.9 Å². The van der Waals surface area contributed by atoms with Crippen LogP contribution in [0.2, 0.25) is 0 Å². The van der Waals surface area contributed by atoms with Crippen LogP contribution in [0.25, 0.3) is 0 Å². The summed E-state index contributed by atoms with van der Waals surface area (Å²) in [5.41, 5.74) is 2.25. The fourth-order valence-corrected chi connectivity index (χ4v) is 2.86. The zero-order valence-electron chi connectivity index (χ0n) is 16.6. The van der Waals surface area contributed by atoms with Crippen LogP contribution >= 0.6 is 0 Å². The Hall–Kier alpha value is -3.54. The minimum atomic E-state index is -0.742. The number of aromatic nitrogens is 1. The monoisotopic (exact) mass is 393 g/mol. The fraction of sp³-hybridized carbons (Fsp3) is 0.217. The van der Waals surface area contributed by atoms with Crippen LogP contribution in [0.3, 0.4) is 0 Å². The standard InChI is InChI=1S/C23H23NO5/c1-16(25)29-23(21-11-9-19(26-2)14-24-21)20-13-18(10-12-22(20)27-3)28-15-17-7-5-4-6-8-17/h4-14,23H,15H2,1-3H3. The Morgan fingerprint density at radius 3 is 2.34 bits per heavy atom. The molecule has 1 aromatic heterocycles. The first-order chi connectivity index (χ1) is 14.1. The molecule has 0 aliphatic heterocycles. The number of carbonyl (C=O) groups excluding carboxylic acids is 1. The Bertz CT molecular complexity index is 941. The third kappa shape index (κ3) is 5.25. The van der Waals surface area contributed by atoms with Crippen molar-refractivity contribution in [1.82, 2.24) is 4.98 Å². The van der Waals surface area contributed by atoms with E-state index in [0.717, 1.165) is 5.56 Å². The summed E-state index contributed by atoms with van der Waals surface area (Å²) in [5.74, 6) is 1.39. The van der Waals surface area contributed by atoms with Crippen molar-refractivity contribution in [3.8, 4) is 17.2 Å². The van der Waals surface area contributed by atoms with E-state index in [1.165, 1.54) is 6.92 Å². The average Bonchev–Trinajstić information content (AvgIpc) is 2.76. The van der Waals surface area contributed by atoms with Crippen LogP contribution in [0.15, 0.2) is 66.9 Å². The SMILES string of the molecule is COc1ccc(C(OC(C)=O)c2cc(OCc3ccccc3)ccc2OC)nc1. The van der Waals surface area contributed by atoms with Gasteiger partial charge in [-0.25, -0.2) is 0 Å². The highest BCUT2D eigenvalue weighted by atomic mass is 16.5. The number of benzene rings is 2. The highest BCUT2D eigenvalue weighted by molar-refractivity contribution is 5.67. The van der Waals surface area contributed by atoms with Crippen LogP contribution in [0.1, 0.15) is 29.8 Å². The van der Waals surface area contributed by atoms with Crippen LogP contribution in [-0.4, -0.2) is 25.2 Å². The molecule has 0 aliphatic carbocycles. The van der Waals surface area contributed by atoms with Crippen molar-refractivity contribution in [1.29, 1.82) is 0 Å². The highest BCUT2D eigenvalue weighted by Crippen LogP contribution is 2.35. The van der Waals surface area contributed by atoms with E-state index in [9.17, 15) is 4.79 Å². The maximum absolute atomic E-state index is 11.8. The smallest absolute Gasteiger partial charge is 0.303 e. The van der Waals surface area contributed by atoms with E-state index >= 15 is 0 Å². The number of pyridine rings is 1. The maximum Gasteiger partial charge on any atom is 0.303 e. The highest BCUT2D eigenvalue weighted by Gasteiger charge is 2.24. The van der Waals surface area contributed by atoms with E-state index in [0.29, 0.717) is 35.1 Å². The van der Waals surface area contributed by atoms with Gasteiger partial charge in [-0.05, 0) is 35.9 Å². The van der Waals surface area contributed by atoms with Crippen LogP contribution < -0.4 is 14.2 Å². The van der Waals surface area contributed by atoms with Gasteiger partial charge in [-0.15, -0.1) is 0 Å². The summed E-state index contributed by atoms with van der Waals surface area (Å²) >= 11 is 0. The van der Waals surface area contributed by atoms with Gasteiger partial charge in [0.2, 0.25) is 0 Å². The van der Waals surface area contributed by atoms with Crippen molar-refractivity contribution in [3.63, 3.8) is 0 Å². The van der Waals surface area contributed by atoms with Gasteiger partial charge in [0.15, 0.2) is 6.10 Å². The molecule has 1 heterocycles. The molecule has 3 rings (SSSR count). The number of ether oxygens (including phenoxy) is 4. The van der Waals surface area contributed by atoms with Gasteiger partial charge in [0.25, 0.3) is 0 Å². The molecule has 0 spiro atoms. The van der Waals surface area contributed by atoms with Crippen LogP contribution in [-0.2, 0) is 16.1 Å². The van der Waals surface area contributed by atoms with Crippen LogP contribution in [0.4, 0.5) is 0 Å². The van der Waals surface area contributed by atoms with E-state index in [4.69, 9.17) is 18.9 Å². The molecule has 3 aromatic rings. The summed E-state index contributed by atoms with van der Waals surface area (Å²) in [4.78, 5) is 16.2. The molecule has 1 atom stereocenters. The summed E-state index contributed by atoms with van der Waals surface area (Å²) in [5, 5.41) is 0. The van der Waals surface area contributed by atoms with Gasteiger partial charge in [-0.3, -0.25) is 9.78 Å². The molecule has 0 fully saturated rings. The van der Waals surface area contributed by atoms with Gasteiger partial charge in [-0.2, -0.15) is 0 Å². The van der Waals surface area contributed by atoms with Crippen molar-refractivity contribution in [2.45, 2.75) is 19.6 Å². The summed E-state index contributed by atoms with van der Waals surface area (Å²) in [6.07, 6.45) is 0.835. The predicted molar refractivity (Wildman–Crippen MR) is 108 cm³/mol. The lowest BCUT2D eigenvalue weighted by molar-refractivity contribution is -0.145. The van der Waals surface area contributed by atoms with E-state index in [1.54, 1.807) is 44.7 Å². The Balaban J connectivity index is 1.93. The molecule has 2 aromatic carbocycles. The summed E-state index contributed by atoms with van der Waals surface area (Å²) in [7, 11) is 3.13. The number of esters is 1. The normalized spacial score (nSPS) is 11.4. The molecule has 0 amide bonds. The second kappa shape index (κ2) is 9.59. The lowest BCUT2D eigenvalue weighted by Crippen LogP contribution is -2.13. The van der Waals surface area contributed by atoms with Crippen LogP contribution in [0, 0.1) is 0 Å². The quantitative estimate of drug-likeness (QED) is 0.531. The Morgan fingerprint density at radius 1 is 0.966 bits per heavy atom. The fourth-order valence-electron chi connectivity index (χ4n) is 2.86. The Kier molecular flexibility index (Phi) is 6.68. The van der Waals surface area contributed by atoms with E-state index in [2.05, 4.69) is 4.98 Å². The number of hydrogen-bond donors (Lipinski definition) is 0. The first-order valence-electron chi connectivity index (χ1n) is 9.12. The molecule has 150 valence electrons. The largest absolute Gasteiger partial charge is 0.496 e. The topological polar surface area (TPSA) is 66.9 Å². The molecular formula is C23H23NO5. The van der Waals surface area contributed by atoms with E-state index < -0.39 is 12.1 Å². The number of methoxy groups -OCH3 is 2. The van der Waals surface area contributed by atoms with Crippen molar-refractivity contribution < 1.29 is 23.7 Å². The number of rotatable bonds is 8. The molecule has 6 nitrogen and oxygen atoms in total. The van der Waals surface area contributed by atoms with Gasteiger partial charge >= 0.3 is 5.97 Å². The molecule has 29 heavy (non-hydrogen) atoms. The zero-order chi connectivity index (χ0) is 20.6. The predicted octanol–water partition coefficient (Wildman–Crippen LogP) is 4.33. The molecular weight excluding hydrogens is 370 g/mol. The molecule has 0 N–H and O–H groups in total. The third-order valence-electron chi connectivity index (χ3n) is 4.28. The van der Waals surface area contributed by atoms with Gasteiger partial charge < -0.3 is 18.9 Å². The number of hydrogen-bond acceptors (Lipinski definition) is 6. The maximum atomic E-state index is 11.8. The van der Waals surface area contributed by atoms with Crippen molar-refractivity contribution in [2.75, 3.05) is 14.2 Å². The molecule has 0 saturated carbocycles. The van der Waals surface area contributed by atoms with Crippen LogP contribution in [0.5, 0.6) is 17.2 Å². The minimum absolute atomic E-state index is 0.422. The summed E-state index contributed by atoms with van der Waals surface area (Å²) < 4.78 is 22.2. The third-order valence-corrected chi connectivity index (χ3v) is 4.28. The first kappa shape index (κ1) is 20.2. The second-order valence-corrected chi connectivity index (χ2v) is 6.29. The lowest BCUT2D eigenvalue weighted by atomic mass is 10.0. The summed E-state index contributed by atoms with van der Waals surface area (Å²) in [6, 6.07) is 18.8. The van der Waals surface area contributed by atoms with Gasteiger partial charge in [0, 0.05) is 12.5 Å². The van der Waals surface area contributed by atoms with Gasteiger partial charge in [0.05, 0.1) is 26.1 Å². The molecule has 0 bridgehead atoms. The molecule has 0 saturated heterocycles. The van der Waals surface area contributed by atoms with Crippen molar-refractivity contribution >= 4 is 5.97 Å². The first-order valence-corrected chi connectivity index (χ1v) is 9.12. The lowest BCUT2D eigenvalue weighted by Gasteiger charge is -2.20. The average molecular weight is 393 g/mol. The van der Waals surface area contributed by atoms with Crippen molar-refractivity contribution in [2.24, 2.45) is 0 Å². The minimum Gasteiger partial charge on any atom is -0.496 e.